The minimum atomic E-state index is 0.0435. The van der Waals surface area contributed by atoms with Crippen LogP contribution in [0.2, 0.25) is 0 Å². The normalized spacial score (nSPS) is 14.2. The quantitative estimate of drug-likeness (QED) is 0.419. The molecule has 1 aliphatic rings. The lowest BCUT2D eigenvalue weighted by atomic mass is 9.96. The number of thiazole rings is 1. The SMILES string of the molecule is O=C(NCCc1csc(-c2ccccc2)n1)C1CCN(c2cc(-c3ccccc3)ncn2)CC1. The smallest absolute Gasteiger partial charge is 0.223 e. The molecule has 4 aromatic rings. The molecule has 0 aliphatic carbocycles. The first kappa shape index (κ1) is 22.2. The Hall–Kier alpha value is -3.58. The molecule has 1 fully saturated rings. The molecule has 34 heavy (non-hydrogen) atoms. The van der Waals surface area contributed by atoms with Crippen molar-refractivity contribution in [3.8, 4) is 21.8 Å². The van der Waals surface area contributed by atoms with Crippen LogP contribution in [-0.4, -0.2) is 40.5 Å². The lowest BCUT2D eigenvalue weighted by Gasteiger charge is -2.32. The number of aromatic nitrogens is 3. The fourth-order valence-electron chi connectivity index (χ4n) is 4.25. The molecule has 0 bridgehead atoms. The Labute approximate surface area is 203 Å². The minimum absolute atomic E-state index is 0.0435. The number of carbonyl (C=O) groups excluding carboxylic acids is 1. The van der Waals surface area contributed by atoms with Gasteiger partial charge >= 0.3 is 0 Å². The van der Waals surface area contributed by atoms with E-state index in [9.17, 15) is 4.79 Å². The summed E-state index contributed by atoms with van der Waals surface area (Å²) >= 11 is 1.65. The second-order valence-electron chi connectivity index (χ2n) is 8.44. The van der Waals surface area contributed by atoms with Crippen LogP contribution in [0.5, 0.6) is 0 Å². The molecule has 1 N–H and O–H groups in total. The van der Waals surface area contributed by atoms with Gasteiger partial charge in [-0.25, -0.2) is 15.0 Å². The van der Waals surface area contributed by atoms with Gasteiger partial charge in [0.25, 0.3) is 0 Å². The first-order chi connectivity index (χ1) is 16.8. The van der Waals surface area contributed by atoms with E-state index < -0.39 is 0 Å². The number of carbonyl (C=O) groups is 1. The van der Waals surface area contributed by atoms with Gasteiger partial charge in [-0.05, 0) is 12.8 Å². The Bertz CT molecular complexity index is 1220. The van der Waals surface area contributed by atoms with Gasteiger partial charge in [0.15, 0.2) is 0 Å². The third kappa shape index (κ3) is 5.31. The first-order valence-corrected chi connectivity index (χ1v) is 12.5. The largest absolute Gasteiger partial charge is 0.356 e. The number of nitrogens with zero attached hydrogens (tertiary/aromatic N) is 4. The van der Waals surface area contributed by atoms with Crippen molar-refractivity contribution in [1.82, 2.24) is 20.3 Å². The Morgan fingerprint density at radius 1 is 0.971 bits per heavy atom. The molecule has 0 radical (unpaired) electrons. The molecular weight excluding hydrogens is 442 g/mol. The number of nitrogens with one attached hydrogen (secondary N) is 1. The Balaban J connectivity index is 1.10. The minimum Gasteiger partial charge on any atom is -0.356 e. The molecule has 1 aliphatic heterocycles. The molecule has 172 valence electrons. The fraction of sp³-hybridized carbons (Fsp3) is 0.259. The number of amides is 1. The van der Waals surface area contributed by atoms with Gasteiger partial charge < -0.3 is 10.2 Å². The van der Waals surface area contributed by atoms with E-state index in [0.29, 0.717) is 6.54 Å². The predicted molar refractivity (Wildman–Crippen MR) is 137 cm³/mol. The van der Waals surface area contributed by atoms with Crippen LogP contribution in [-0.2, 0) is 11.2 Å². The van der Waals surface area contributed by atoms with Gasteiger partial charge in [0.1, 0.15) is 17.2 Å². The molecule has 5 rings (SSSR count). The highest BCUT2D eigenvalue weighted by molar-refractivity contribution is 7.13. The van der Waals surface area contributed by atoms with Crippen molar-refractivity contribution in [1.29, 1.82) is 0 Å². The number of hydrogen-bond donors (Lipinski definition) is 1. The van der Waals surface area contributed by atoms with E-state index in [2.05, 4.69) is 49.8 Å². The van der Waals surface area contributed by atoms with Crippen molar-refractivity contribution in [3.63, 3.8) is 0 Å². The predicted octanol–water partition coefficient (Wildman–Crippen LogP) is 4.84. The summed E-state index contributed by atoms with van der Waals surface area (Å²) in [5.74, 6) is 1.11. The van der Waals surface area contributed by atoms with Crippen LogP contribution in [0, 0.1) is 5.92 Å². The maximum absolute atomic E-state index is 12.7. The fourth-order valence-corrected chi connectivity index (χ4v) is 5.11. The highest BCUT2D eigenvalue weighted by atomic mass is 32.1. The molecule has 2 aromatic carbocycles. The van der Waals surface area contributed by atoms with Crippen LogP contribution < -0.4 is 10.2 Å². The van der Waals surface area contributed by atoms with Crippen LogP contribution in [0.4, 0.5) is 5.82 Å². The van der Waals surface area contributed by atoms with E-state index in [1.165, 1.54) is 0 Å². The van der Waals surface area contributed by atoms with Crippen molar-refractivity contribution in [3.05, 3.63) is 84.1 Å². The molecule has 3 heterocycles. The number of piperidine rings is 1. The van der Waals surface area contributed by atoms with Gasteiger partial charge in [0.05, 0.1) is 11.4 Å². The van der Waals surface area contributed by atoms with Crippen LogP contribution in [0.15, 0.2) is 78.4 Å². The summed E-state index contributed by atoms with van der Waals surface area (Å²) in [6.45, 7) is 2.25. The highest BCUT2D eigenvalue weighted by Crippen LogP contribution is 2.26. The molecule has 1 saturated heterocycles. The third-order valence-electron chi connectivity index (χ3n) is 6.16. The van der Waals surface area contributed by atoms with Crippen molar-refractivity contribution in [2.45, 2.75) is 19.3 Å². The van der Waals surface area contributed by atoms with Gasteiger partial charge in [-0.1, -0.05) is 60.7 Å². The molecule has 2 aromatic heterocycles. The van der Waals surface area contributed by atoms with Gasteiger partial charge in [-0.3, -0.25) is 4.79 Å². The van der Waals surface area contributed by atoms with Crippen molar-refractivity contribution in [2.24, 2.45) is 5.92 Å². The summed E-state index contributed by atoms with van der Waals surface area (Å²) in [5, 5.41) is 6.22. The average molecular weight is 470 g/mol. The molecule has 0 atom stereocenters. The molecule has 0 unspecified atom stereocenters. The summed E-state index contributed by atoms with van der Waals surface area (Å²) in [6.07, 6.45) is 4.02. The second kappa shape index (κ2) is 10.6. The van der Waals surface area contributed by atoms with E-state index in [1.807, 2.05) is 42.5 Å². The lowest BCUT2D eigenvalue weighted by Crippen LogP contribution is -2.41. The van der Waals surface area contributed by atoms with Crippen LogP contribution in [0.1, 0.15) is 18.5 Å². The average Bonchev–Trinajstić information content (AvgIpc) is 3.39. The van der Waals surface area contributed by atoms with Gasteiger partial charge in [0, 0.05) is 54.5 Å². The van der Waals surface area contributed by atoms with E-state index in [1.54, 1.807) is 17.7 Å². The van der Waals surface area contributed by atoms with Crippen molar-refractivity contribution in [2.75, 3.05) is 24.5 Å². The zero-order chi connectivity index (χ0) is 23.2. The second-order valence-corrected chi connectivity index (χ2v) is 9.30. The first-order valence-electron chi connectivity index (χ1n) is 11.7. The van der Waals surface area contributed by atoms with Gasteiger partial charge in [-0.2, -0.15) is 0 Å². The summed E-state index contributed by atoms with van der Waals surface area (Å²) in [6, 6.07) is 22.4. The monoisotopic (exact) mass is 469 g/mol. The number of rotatable bonds is 7. The van der Waals surface area contributed by atoms with E-state index >= 15 is 0 Å². The Morgan fingerprint density at radius 2 is 1.68 bits per heavy atom. The molecule has 6 nitrogen and oxygen atoms in total. The topological polar surface area (TPSA) is 71.0 Å². The Morgan fingerprint density at radius 3 is 2.41 bits per heavy atom. The molecule has 0 spiro atoms. The van der Waals surface area contributed by atoms with E-state index in [4.69, 9.17) is 4.98 Å². The molecule has 7 heteroatoms. The van der Waals surface area contributed by atoms with Crippen LogP contribution in [0.25, 0.3) is 21.8 Å². The van der Waals surface area contributed by atoms with E-state index in [0.717, 1.165) is 65.7 Å². The number of hydrogen-bond acceptors (Lipinski definition) is 6. The van der Waals surface area contributed by atoms with Crippen molar-refractivity contribution >= 4 is 23.1 Å². The number of anilines is 1. The third-order valence-corrected chi connectivity index (χ3v) is 7.10. The van der Waals surface area contributed by atoms with Crippen LogP contribution in [0.3, 0.4) is 0 Å². The van der Waals surface area contributed by atoms with Crippen molar-refractivity contribution < 1.29 is 4.79 Å². The summed E-state index contributed by atoms with van der Waals surface area (Å²) in [4.78, 5) is 28.6. The Kier molecular flexibility index (Phi) is 6.91. The summed E-state index contributed by atoms with van der Waals surface area (Å²) < 4.78 is 0. The highest BCUT2D eigenvalue weighted by Gasteiger charge is 2.25. The molecule has 1 amide bonds. The zero-order valence-corrected chi connectivity index (χ0v) is 19.7. The van der Waals surface area contributed by atoms with Crippen LogP contribution >= 0.6 is 11.3 Å². The van der Waals surface area contributed by atoms with Gasteiger partial charge in [0.2, 0.25) is 5.91 Å². The number of benzene rings is 2. The maximum Gasteiger partial charge on any atom is 0.223 e. The standard InChI is InChI=1S/C27H27N5OS/c33-26(28-14-11-23-18-34-27(31-23)22-9-5-2-6-10-22)21-12-15-32(16-13-21)25-17-24(29-19-30-25)20-7-3-1-4-8-20/h1-10,17-19,21H,11-16H2,(H,28,33). The molecular formula is C27H27N5OS. The van der Waals surface area contributed by atoms with Gasteiger partial charge in [-0.15, -0.1) is 11.3 Å². The molecule has 0 saturated carbocycles. The van der Waals surface area contributed by atoms with E-state index in [-0.39, 0.29) is 11.8 Å². The lowest BCUT2D eigenvalue weighted by molar-refractivity contribution is -0.125. The zero-order valence-electron chi connectivity index (χ0n) is 18.9. The summed E-state index contributed by atoms with van der Waals surface area (Å²) in [7, 11) is 0. The summed E-state index contributed by atoms with van der Waals surface area (Å²) in [5.41, 5.74) is 4.16. The maximum atomic E-state index is 12.7.